The number of nitrogens with zero attached hydrogens (tertiary/aromatic N) is 4. The van der Waals surface area contributed by atoms with Gasteiger partial charge in [0.15, 0.2) is 0 Å². The molecule has 3 aromatic heterocycles. The van der Waals surface area contributed by atoms with Crippen LogP contribution in [0.15, 0.2) is 78.8 Å². The van der Waals surface area contributed by atoms with Crippen molar-refractivity contribution in [2.24, 2.45) is 0 Å². The van der Waals surface area contributed by atoms with Gasteiger partial charge in [-0.3, -0.25) is 14.6 Å². The number of hydrogen-bond acceptors (Lipinski definition) is 5. The summed E-state index contributed by atoms with van der Waals surface area (Å²) in [5.41, 5.74) is 7.05. The molecule has 0 fully saturated rings. The number of halogens is 3. The van der Waals surface area contributed by atoms with E-state index in [0.717, 1.165) is 42.8 Å². The maximum Gasteiger partial charge on any atom is 0.408 e. The van der Waals surface area contributed by atoms with Crippen LogP contribution in [0.5, 0.6) is 0 Å². The average Bonchev–Trinajstić information content (AvgIpc) is 3.49. The number of para-hydroxylation sites is 1. The Kier molecular flexibility index (Phi) is 5.55. The van der Waals surface area contributed by atoms with E-state index in [1.165, 1.54) is 12.4 Å². The summed E-state index contributed by atoms with van der Waals surface area (Å²) in [6.07, 6.45) is 2.05. The Hall–Kier alpha value is -3.72. The number of thiazole rings is 1. The molecule has 3 heterocycles. The SMILES string of the molecule is FC(F)(F)Cn1cc(-c2ccnc3c(NCc4ccc(-c5cncs5)cc4)cccc23)cn1. The number of fused-ring (bicyclic) bond motifs is 1. The Morgan fingerprint density at radius 2 is 1.82 bits per heavy atom. The molecule has 166 valence electrons. The van der Waals surface area contributed by atoms with E-state index in [4.69, 9.17) is 0 Å². The minimum atomic E-state index is -4.32. The fourth-order valence-electron chi connectivity index (χ4n) is 3.69. The summed E-state index contributed by atoms with van der Waals surface area (Å²) in [5.74, 6) is 0. The van der Waals surface area contributed by atoms with E-state index in [-0.39, 0.29) is 0 Å². The molecule has 0 radical (unpaired) electrons. The molecular weight excluding hydrogens is 447 g/mol. The van der Waals surface area contributed by atoms with Gasteiger partial charge in [0, 0.05) is 36.1 Å². The number of aromatic nitrogens is 4. The number of benzene rings is 2. The number of nitrogens with one attached hydrogen (secondary N) is 1. The van der Waals surface area contributed by atoms with E-state index in [2.05, 4.69) is 44.6 Å². The third-order valence-corrected chi connectivity index (χ3v) is 6.03. The van der Waals surface area contributed by atoms with Gasteiger partial charge >= 0.3 is 6.18 Å². The van der Waals surface area contributed by atoms with Gasteiger partial charge < -0.3 is 5.32 Å². The van der Waals surface area contributed by atoms with Crippen LogP contribution in [0.4, 0.5) is 18.9 Å². The van der Waals surface area contributed by atoms with Gasteiger partial charge in [0.1, 0.15) is 6.54 Å². The number of anilines is 1. The summed E-state index contributed by atoms with van der Waals surface area (Å²) < 4.78 is 39.0. The highest BCUT2D eigenvalue weighted by Gasteiger charge is 2.28. The van der Waals surface area contributed by atoms with E-state index in [1.807, 2.05) is 29.9 Å². The molecule has 2 aromatic carbocycles. The van der Waals surface area contributed by atoms with Crippen molar-refractivity contribution in [3.63, 3.8) is 0 Å². The molecule has 0 unspecified atom stereocenters. The van der Waals surface area contributed by atoms with Crippen molar-refractivity contribution < 1.29 is 13.2 Å². The first-order chi connectivity index (χ1) is 16.0. The lowest BCUT2D eigenvalue weighted by Crippen LogP contribution is -2.17. The van der Waals surface area contributed by atoms with Crippen LogP contribution in [0.1, 0.15) is 5.56 Å². The summed E-state index contributed by atoms with van der Waals surface area (Å²) in [4.78, 5) is 9.76. The van der Waals surface area contributed by atoms with Crippen LogP contribution in [-0.4, -0.2) is 25.9 Å². The lowest BCUT2D eigenvalue weighted by atomic mass is 10.0. The van der Waals surface area contributed by atoms with Crippen LogP contribution in [-0.2, 0) is 13.1 Å². The van der Waals surface area contributed by atoms with Gasteiger partial charge in [-0.05, 0) is 28.8 Å². The molecule has 5 aromatic rings. The smallest absolute Gasteiger partial charge is 0.379 e. The molecule has 0 aliphatic carbocycles. The van der Waals surface area contributed by atoms with Crippen LogP contribution in [0.2, 0.25) is 0 Å². The molecule has 0 aliphatic rings. The molecule has 0 amide bonds. The van der Waals surface area contributed by atoms with Gasteiger partial charge in [-0.25, -0.2) is 0 Å². The second kappa shape index (κ2) is 8.67. The Labute approximate surface area is 191 Å². The minimum absolute atomic E-state index is 0.609. The highest BCUT2D eigenvalue weighted by molar-refractivity contribution is 7.13. The number of alkyl halides is 3. The normalized spacial score (nSPS) is 11.7. The first kappa shape index (κ1) is 21.1. The van der Waals surface area contributed by atoms with E-state index in [0.29, 0.717) is 12.1 Å². The molecule has 5 nitrogen and oxygen atoms in total. The average molecular weight is 466 g/mol. The molecule has 0 atom stereocenters. The van der Waals surface area contributed by atoms with Gasteiger partial charge in [-0.2, -0.15) is 18.3 Å². The van der Waals surface area contributed by atoms with Gasteiger partial charge in [-0.1, -0.05) is 36.4 Å². The third-order valence-electron chi connectivity index (χ3n) is 5.21. The molecule has 5 rings (SSSR count). The van der Waals surface area contributed by atoms with Crippen LogP contribution >= 0.6 is 11.3 Å². The maximum atomic E-state index is 12.7. The van der Waals surface area contributed by atoms with Crippen LogP contribution in [0, 0.1) is 0 Å². The lowest BCUT2D eigenvalue weighted by Gasteiger charge is -2.11. The highest BCUT2D eigenvalue weighted by atomic mass is 32.1. The Morgan fingerprint density at radius 1 is 0.970 bits per heavy atom. The van der Waals surface area contributed by atoms with Crippen molar-refractivity contribution in [2.45, 2.75) is 19.3 Å². The largest absolute Gasteiger partial charge is 0.408 e. The zero-order valence-corrected chi connectivity index (χ0v) is 18.1. The van der Waals surface area contributed by atoms with Gasteiger partial charge in [-0.15, -0.1) is 11.3 Å². The van der Waals surface area contributed by atoms with E-state index >= 15 is 0 Å². The standard InChI is InChI=1S/C24H18F3N5S/c25-24(26,27)14-32-13-18(11-31-32)19-8-9-29-23-20(19)2-1-3-21(23)30-10-16-4-6-17(7-5-16)22-12-28-15-33-22/h1-9,11-13,15,30H,10,14H2. The van der Waals surface area contributed by atoms with Crippen LogP contribution < -0.4 is 5.32 Å². The van der Waals surface area contributed by atoms with Crippen molar-refractivity contribution in [1.82, 2.24) is 19.7 Å². The topological polar surface area (TPSA) is 55.6 Å². The summed E-state index contributed by atoms with van der Waals surface area (Å²) >= 11 is 1.60. The van der Waals surface area contributed by atoms with Gasteiger partial charge in [0.2, 0.25) is 0 Å². The monoisotopic (exact) mass is 465 g/mol. The number of pyridine rings is 1. The van der Waals surface area contributed by atoms with E-state index in [9.17, 15) is 13.2 Å². The zero-order chi connectivity index (χ0) is 22.8. The fraction of sp³-hybridized carbons (Fsp3) is 0.125. The predicted octanol–water partition coefficient (Wildman–Crippen LogP) is 6.40. The molecule has 1 N–H and O–H groups in total. The van der Waals surface area contributed by atoms with E-state index in [1.54, 1.807) is 23.6 Å². The molecule has 33 heavy (non-hydrogen) atoms. The van der Waals surface area contributed by atoms with Crippen molar-refractivity contribution in [3.8, 4) is 21.6 Å². The zero-order valence-electron chi connectivity index (χ0n) is 17.3. The second-order valence-corrected chi connectivity index (χ2v) is 8.40. The van der Waals surface area contributed by atoms with Crippen molar-refractivity contribution in [3.05, 3.63) is 84.4 Å². The minimum Gasteiger partial charge on any atom is -0.379 e. The Balaban J connectivity index is 1.38. The summed E-state index contributed by atoms with van der Waals surface area (Å²) in [6.45, 7) is -0.512. The quantitative estimate of drug-likeness (QED) is 0.315. The van der Waals surface area contributed by atoms with E-state index < -0.39 is 12.7 Å². The summed E-state index contributed by atoms with van der Waals surface area (Å²) in [5, 5.41) is 8.14. The van der Waals surface area contributed by atoms with Gasteiger partial charge in [0.05, 0.1) is 27.8 Å². The molecule has 9 heteroatoms. The molecular formula is C24H18F3N5S. The molecule has 0 saturated carbocycles. The first-order valence-electron chi connectivity index (χ1n) is 10.2. The molecule has 0 bridgehead atoms. The number of rotatable bonds is 6. The van der Waals surface area contributed by atoms with Crippen LogP contribution in [0.3, 0.4) is 0 Å². The molecule has 0 saturated heterocycles. The fourth-order valence-corrected chi connectivity index (χ4v) is 4.31. The lowest BCUT2D eigenvalue weighted by molar-refractivity contribution is -0.142. The first-order valence-corrected chi connectivity index (χ1v) is 11.0. The number of hydrogen-bond donors (Lipinski definition) is 1. The Morgan fingerprint density at radius 3 is 2.58 bits per heavy atom. The summed E-state index contributed by atoms with van der Waals surface area (Å²) in [6, 6.07) is 15.8. The van der Waals surface area contributed by atoms with Crippen molar-refractivity contribution in [1.29, 1.82) is 0 Å². The predicted molar refractivity (Wildman–Crippen MR) is 124 cm³/mol. The Bertz CT molecular complexity index is 1380. The molecule has 0 aliphatic heterocycles. The van der Waals surface area contributed by atoms with Gasteiger partial charge in [0.25, 0.3) is 0 Å². The highest BCUT2D eigenvalue weighted by Crippen LogP contribution is 2.31. The summed E-state index contributed by atoms with van der Waals surface area (Å²) in [7, 11) is 0. The van der Waals surface area contributed by atoms with Crippen LogP contribution in [0.25, 0.3) is 32.5 Å². The van der Waals surface area contributed by atoms with Crippen molar-refractivity contribution in [2.75, 3.05) is 5.32 Å². The van der Waals surface area contributed by atoms with Crippen molar-refractivity contribution >= 4 is 27.9 Å². The second-order valence-electron chi connectivity index (χ2n) is 7.52. The maximum absolute atomic E-state index is 12.7. The third kappa shape index (κ3) is 4.73. The molecule has 0 spiro atoms.